The molecular weight excluding hydrogens is 480 g/mol. The highest BCUT2D eigenvalue weighted by atomic mass is 19.4. The van der Waals surface area contributed by atoms with E-state index in [4.69, 9.17) is 30.3 Å². The SMILES string of the molecule is COc1cccc2cccnc12.NCC1CNCC1=O.O=C(O)C(F)(F)F.O=C(O)C(F)(F)F. The van der Waals surface area contributed by atoms with Crippen LogP contribution in [0.2, 0.25) is 0 Å². The number of carboxylic acid groups (broad SMARTS) is 2. The van der Waals surface area contributed by atoms with Crippen molar-refractivity contribution in [3.8, 4) is 5.75 Å². The highest BCUT2D eigenvalue weighted by Gasteiger charge is 2.38. The van der Waals surface area contributed by atoms with Crippen molar-refractivity contribution in [2.75, 3.05) is 26.7 Å². The van der Waals surface area contributed by atoms with Crippen molar-refractivity contribution in [2.45, 2.75) is 12.4 Å². The number of benzene rings is 1. The molecule has 3 rings (SSSR count). The Bertz CT molecular complexity index is 923. The number of nitrogens with one attached hydrogen (secondary N) is 1. The molecule has 1 unspecified atom stereocenters. The number of hydrogen-bond donors (Lipinski definition) is 4. The van der Waals surface area contributed by atoms with E-state index in [0.29, 0.717) is 13.1 Å². The summed E-state index contributed by atoms with van der Waals surface area (Å²) in [5.74, 6) is -4.34. The minimum atomic E-state index is -5.08. The van der Waals surface area contributed by atoms with Crippen LogP contribution in [-0.4, -0.2) is 72.0 Å². The summed E-state index contributed by atoms with van der Waals surface area (Å²) in [5.41, 5.74) is 6.18. The Hall–Kier alpha value is -3.46. The van der Waals surface area contributed by atoms with Gasteiger partial charge in [-0.15, -0.1) is 0 Å². The molecule has 0 radical (unpaired) electrons. The number of carbonyl (C=O) groups excluding carboxylic acids is 1. The first-order valence-corrected chi connectivity index (χ1v) is 9.06. The number of methoxy groups -OCH3 is 1. The quantitative estimate of drug-likeness (QED) is 0.454. The van der Waals surface area contributed by atoms with Gasteiger partial charge in [0, 0.05) is 30.6 Å². The van der Waals surface area contributed by atoms with Gasteiger partial charge in [0.15, 0.2) is 5.78 Å². The van der Waals surface area contributed by atoms with E-state index in [1.165, 1.54) is 0 Å². The molecule has 0 saturated carbocycles. The molecule has 2 aromatic rings. The fourth-order valence-corrected chi connectivity index (χ4v) is 2.08. The molecule has 1 atom stereocenters. The number of aromatic nitrogens is 1. The number of rotatable bonds is 2. The lowest BCUT2D eigenvalue weighted by Gasteiger charge is -2.02. The van der Waals surface area contributed by atoms with E-state index in [-0.39, 0.29) is 11.7 Å². The number of para-hydroxylation sites is 1. The summed E-state index contributed by atoms with van der Waals surface area (Å²) < 4.78 is 68.6. The molecule has 15 heteroatoms. The highest BCUT2D eigenvalue weighted by Crippen LogP contribution is 2.21. The maximum absolute atomic E-state index is 10.7. The van der Waals surface area contributed by atoms with Crippen LogP contribution in [0, 0.1) is 5.92 Å². The number of ether oxygens (including phenoxy) is 1. The van der Waals surface area contributed by atoms with Crippen molar-refractivity contribution < 1.29 is 55.7 Å². The monoisotopic (exact) mass is 501 g/mol. The van der Waals surface area contributed by atoms with Gasteiger partial charge in [0.2, 0.25) is 0 Å². The molecule has 34 heavy (non-hydrogen) atoms. The van der Waals surface area contributed by atoms with Gasteiger partial charge in [0.25, 0.3) is 0 Å². The first-order chi connectivity index (χ1) is 15.6. The number of ketones is 1. The van der Waals surface area contributed by atoms with E-state index >= 15 is 0 Å². The number of aliphatic carboxylic acids is 2. The summed E-state index contributed by atoms with van der Waals surface area (Å²) in [7, 11) is 1.66. The summed E-state index contributed by atoms with van der Waals surface area (Å²) >= 11 is 0. The normalized spacial score (nSPS) is 15.1. The van der Waals surface area contributed by atoms with Gasteiger partial charge in [-0.1, -0.05) is 18.2 Å². The van der Waals surface area contributed by atoms with Gasteiger partial charge < -0.3 is 26.0 Å². The number of carbonyl (C=O) groups is 3. The van der Waals surface area contributed by atoms with Gasteiger partial charge in [-0.25, -0.2) is 9.59 Å². The third-order valence-corrected chi connectivity index (χ3v) is 3.73. The molecule has 1 aliphatic heterocycles. The van der Waals surface area contributed by atoms with E-state index in [2.05, 4.69) is 10.3 Å². The minimum Gasteiger partial charge on any atom is -0.494 e. The Morgan fingerprint density at radius 2 is 1.59 bits per heavy atom. The van der Waals surface area contributed by atoms with E-state index in [1.807, 2.05) is 30.3 Å². The largest absolute Gasteiger partial charge is 0.494 e. The van der Waals surface area contributed by atoms with Crippen molar-refractivity contribution in [1.29, 1.82) is 0 Å². The maximum Gasteiger partial charge on any atom is 0.490 e. The molecular formula is C19H21F6N3O6. The lowest BCUT2D eigenvalue weighted by Crippen LogP contribution is -2.21. The molecule has 0 bridgehead atoms. The van der Waals surface area contributed by atoms with E-state index in [0.717, 1.165) is 23.2 Å². The third-order valence-electron chi connectivity index (χ3n) is 3.73. The Labute approximate surface area is 188 Å². The van der Waals surface area contributed by atoms with Gasteiger partial charge >= 0.3 is 24.3 Å². The first kappa shape index (κ1) is 30.5. The van der Waals surface area contributed by atoms with Gasteiger partial charge in [0.05, 0.1) is 13.7 Å². The summed E-state index contributed by atoms with van der Waals surface area (Å²) in [6.07, 6.45) is -8.40. The zero-order chi connectivity index (χ0) is 26.5. The fraction of sp³-hybridized carbons (Fsp3) is 0.368. The van der Waals surface area contributed by atoms with Crippen LogP contribution in [-0.2, 0) is 14.4 Å². The second-order valence-electron chi connectivity index (χ2n) is 6.17. The summed E-state index contributed by atoms with van der Waals surface area (Å²) in [4.78, 5) is 32.7. The second kappa shape index (κ2) is 13.9. The van der Waals surface area contributed by atoms with Crippen molar-refractivity contribution in [1.82, 2.24) is 10.3 Å². The molecule has 2 heterocycles. The smallest absolute Gasteiger partial charge is 0.490 e. The number of fused-ring (bicyclic) bond motifs is 1. The Morgan fingerprint density at radius 1 is 1.09 bits per heavy atom. The number of pyridine rings is 1. The standard InChI is InChI=1S/C10H9NO.C5H10N2O.2C2HF3O2/c1-12-9-6-2-4-8-5-3-7-11-10(8)9;6-1-4-2-7-3-5(4)8;2*3-2(4,5)1(6)7/h2-7H,1H3;4,7H,1-3,6H2;2*(H,6,7). The van der Waals surface area contributed by atoms with Crippen LogP contribution in [0.3, 0.4) is 0 Å². The van der Waals surface area contributed by atoms with E-state index in [1.54, 1.807) is 13.3 Å². The number of nitrogens with two attached hydrogens (primary N) is 1. The zero-order valence-electron chi connectivity index (χ0n) is 17.5. The highest BCUT2D eigenvalue weighted by molar-refractivity contribution is 5.85. The average Bonchev–Trinajstić information content (AvgIpc) is 3.18. The van der Waals surface area contributed by atoms with Gasteiger partial charge in [-0.05, 0) is 12.1 Å². The molecule has 0 aliphatic carbocycles. The Morgan fingerprint density at radius 3 is 1.94 bits per heavy atom. The molecule has 1 fully saturated rings. The molecule has 1 aromatic heterocycles. The van der Waals surface area contributed by atoms with Crippen LogP contribution in [0.4, 0.5) is 26.3 Å². The van der Waals surface area contributed by atoms with Gasteiger partial charge in [0.1, 0.15) is 11.3 Å². The predicted molar refractivity (Wildman–Crippen MR) is 106 cm³/mol. The van der Waals surface area contributed by atoms with Crippen LogP contribution in [0.25, 0.3) is 10.9 Å². The van der Waals surface area contributed by atoms with Gasteiger partial charge in [-0.2, -0.15) is 26.3 Å². The number of nitrogens with zero attached hydrogens (tertiary/aromatic N) is 1. The lowest BCUT2D eigenvalue weighted by atomic mass is 10.1. The van der Waals surface area contributed by atoms with Crippen molar-refractivity contribution >= 4 is 28.6 Å². The molecule has 190 valence electrons. The molecule has 9 nitrogen and oxygen atoms in total. The molecule has 0 amide bonds. The zero-order valence-corrected chi connectivity index (χ0v) is 17.5. The Balaban J connectivity index is 0.000000443. The number of Topliss-reactive ketones (excluding diaryl/α,β-unsaturated/α-hetero) is 1. The number of halogens is 6. The van der Waals surface area contributed by atoms with Crippen LogP contribution >= 0.6 is 0 Å². The Kier molecular flexibility index (Phi) is 12.5. The van der Waals surface area contributed by atoms with E-state index in [9.17, 15) is 31.1 Å². The molecule has 1 saturated heterocycles. The topological polar surface area (TPSA) is 152 Å². The fourth-order valence-electron chi connectivity index (χ4n) is 2.08. The molecule has 5 N–H and O–H groups in total. The van der Waals surface area contributed by atoms with Crippen molar-refractivity contribution in [3.05, 3.63) is 36.5 Å². The number of hydrogen-bond acceptors (Lipinski definition) is 7. The second-order valence-corrected chi connectivity index (χ2v) is 6.17. The van der Waals surface area contributed by atoms with Crippen LogP contribution in [0.15, 0.2) is 36.5 Å². The predicted octanol–water partition coefficient (Wildman–Crippen LogP) is 2.24. The minimum absolute atomic E-state index is 0.0926. The lowest BCUT2D eigenvalue weighted by molar-refractivity contribution is -0.193. The third kappa shape index (κ3) is 11.4. The molecule has 0 spiro atoms. The molecule has 1 aromatic carbocycles. The average molecular weight is 501 g/mol. The number of carboxylic acids is 2. The number of alkyl halides is 6. The summed E-state index contributed by atoms with van der Waals surface area (Å²) in [6.45, 7) is 1.78. The molecule has 1 aliphatic rings. The van der Waals surface area contributed by atoms with Gasteiger partial charge in [-0.3, -0.25) is 9.78 Å². The summed E-state index contributed by atoms with van der Waals surface area (Å²) in [6, 6.07) is 9.83. The van der Waals surface area contributed by atoms with Crippen LogP contribution in [0.5, 0.6) is 5.75 Å². The first-order valence-electron chi connectivity index (χ1n) is 9.06. The van der Waals surface area contributed by atoms with Crippen molar-refractivity contribution in [3.63, 3.8) is 0 Å². The maximum atomic E-state index is 10.7. The van der Waals surface area contributed by atoms with E-state index < -0.39 is 24.3 Å². The summed E-state index contributed by atoms with van der Waals surface area (Å²) in [5, 5.41) is 18.3. The van der Waals surface area contributed by atoms with Crippen molar-refractivity contribution in [2.24, 2.45) is 11.7 Å². The van der Waals surface area contributed by atoms with Crippen LogP contribution < -0.4 is 15.8 Å². The van der Waals surface area contributed by atoms with Crippen LogP contribution in [0.1, 0.15) is 0 Å².